The van der Waals surface area contributed by atoms with Crippen molar-refractivity contribution < 1.29 is 9.59 Å². The van der Waals surface area contributed by atoms with Crippen LogP contribution < -0.4 is 5.32 Å². The summed E-state index contributed by atoms with van der Waals surface area (Å²) in [5.41, 5.74) is 0.774. The highest BCUT2D eigenvalue weighted by molar-refractivity contribution is 9.10. The second-order valence-corrected chi connectivity index (χ2v) is 5.20. The van der Waals surface area contributed by atoms with Crippen LogP contribution in [0, 0.1) is 0 Å². The van der Waals surface area contributed by atoms with Crippen LogP contribution in [0.3, 0.4) is 0 Å². The largest absolute Gasteiger partial charge is 0.324 e. The Kier molecular flexibility index (Phi) is 4.49. The minimum Gasteiger partial charge on any atom is -0.324 e. The van der Waals surface area contributed by atoms with Gasteiger partial charge in [0.15, 0.2) is 0 Å². The number of nitrogens with zero attached hydrogens (tertiary/aromatic N) is 1. The lowest BCUT2D eigenvalue weighted by atomic mass is 10.1. The maximum Gasteiger partial charge on any atom is 0.238 e. The molecule has 0 spiro atoms. The van der Waals surface area contributed by atoms with Gasteiger partial charge in [-0.2, -0.15) is 0 Å². The van der Waals surface area contributed by atoms with Crippen LogP contribution in [-0.2, 0) is 9.59 Å². The molecule has 1 aromatic carbocycles. The summed E-state index contributed by atoms with van der Waals surface area (Å²) in [5, 5.41) is 2.86. The number of benzene rings is 1. The van der Waals surface area contributed by atoms with Gasteiger partial charge in [-0.05, 0) is 28.1 Å². The summed E-state index contributed by atoms with van der Waals surface area (Å²) in [7, 11) is 0. The van der Waals surface area contributed by atoms with Crippen molar-refractivity contribution in [2.24, 2.45) is 0 Å². The quantitative estimate of drug-likeness (QED) is 0.929. The van der Waals surface area contributed by atoms with Crippen LogP contribution in [0.15, 0.2) is 28.7 Å². The molecule has 1 amide bonds. The number of amides is 1. The summed E-state index contributed by atoms with van der Waals surface area (Å²) in [5.74, 6) is 0.244. The smallest absolute Gasteiger partial charge is 0.238 e. The van der Waals surface area contributed by atoms with Gasteiger partial charge in [0, 0.05) is 30.4 Å². The number of piperidine rings is 1. The molecule has 96 valence electrons. The minimum atomic E-state index is -0.0451. The Morgan fingerprint density at radius 2 is 1.94 bits per heavy atom. The highest BCUT2D eigenvalue weighted by Crippen LogP contribution is 2.21. The van der Waals surface area contributed by atoms with Gasteiger partial charge in [0.05, 0.1) is 12.2 Å². The topological polar surface area (TPSA) is 49.4 Å². The van der Waals surface area contributed by atoms with E-state index in [9.17, 15) is 9.59 Å². The molecule has 0 bridgehead atoms. The molecular formula is C13H15BrN2O2. The molecule has 1 fully saturated rings. The Morgan fingerprint density at radius 1 is 1.28 bits per heavy atom. The lowest BCUT2D eigenvalue weighted by Gasteiger charge is -2.25. The zero-order valence-electron chi connectivity index (χ0n) is 9.99. The molecule has 0 aliphatic carbocycles. The molecule has 1 N–H and O–H groups in total. The molecule has 5 heteroatoms. The number of ketones is 1. The normalized spacial score (nSPS) is 16.6. The molecule has 0 radical (unpaired) electrons. The fraction of sp³-hybridized carbons (Fsp3) is 0.385. The van der Waals surface area contributed by atoms with Crippen LogP contribution in [0.5, 0.6) is 0 Å². The number of likely N-dealkylation sites (tertiary alicyclic amines) is 1. The lowest BCUT2D eigenvalue weighted by Crippen LogP contribution is -2.39. The molecule has 0 atom stereocenters. The number of para-hydroxylation sites is 1. The fourth-order valence-electron chi connectivity index (χ4n) is 1.92. The van der Waals surface area contributed by atoms with Crippen LogP contribution in [0.25, 0.3) is 0 Å². The van der Waals surface area contributed by atoms with Crippen LogP contribution in [0.4, 0.5) is 5.69 Å². The van der Waals surface area contributed by atoms with Gasteiger partial charge in [-0.3, -0.25) is 14.5 Å². The van der Waals surface area contributed by atoms with Crippen LogP contribution in [-0.4, -0.2) is 36.2 Å². The second kappa shape index (κ2) is 6.11. The van der Waals surface area contributed by atoms with Crippen LogP contribution >= 0.6 is 15.9 Å². The maximum absolute atomic E-state index is 11.9. The summed E-state index contributed by atoms with van der Waals surface area (Å²) in [6.45, 7) is 1.71. The SMILES string of the molecule is O=C1CCN(CC(=O)Nc2ccccc2Br)CC1. The number of nitrogens with one attached hydrogen (secondary N) is 1. The fourth-order valence-corrected chi connectivity index (χ4v) is 2.30. The van der Waals surface area contributed by atoms with Crippen molar-refractivity contribution in [3.63, 3.8) is 0 Å². The first kappa shape index (κ1) is 13.2. The third-order valence-electron chi connectivity index (χ3n) is 2.93. The summed E-state index contributed by atoms with van der Waals surface area (Å²) in [4.78, 5) is 25.0. The Labute approximate surface area is 114 Å². The van der Waals surface area contributed by atoms with Gasteiger partial charge in [-0.25, -0.2) is 0 Å². The summed E-state index contributed by atoms with van der Waals surface area (Å²) < 4.78 is 0.868. The first-order chi connectivity index (χ1) is 8.65. The predicted molar refractivity (Wildman–Crippen MR) is 73.5 cm³/mol. The highest BCUT2D eigenvalue weighted by atomic mass is 79.9. The van der Waals surface area contributed by atoms with Crippen molar-refractivity contribution >= 4 is 33.3 Å². The Morgan fingerprint density at radius 3 is 2.61 bits per heavy atom. The Hall–Kier alpha value is -1.20. The Bertz CT molecular complexity index is 452. The van der Waals surface area contributed by atoms with Crippen molar-refractivity contribution in [2.45, 2.75) is 12.8 Å². The monoisotopic (exact) mass is 310 g/mol. The molecule has 0 unspecified atom stereocenters. The van der Waals surface area contributed by atoms with E-state index in [1.165, 1.54) is 0 Å². The molecule has 2 rings (SSSR count). The molecule has 1 aromatic rings. The van der Waals surface area contributed by atoms with Crippen molar-refractivity contribution in [3.8, 4) is 0 Å². The first-order valence-electron chi connectivity index (χ1n) is 5.93. The van der Waals surface area contributed by atoms with Gasteiger partial charge < -0.3 is 5.32 Å². The van der Waals surface area contributed by atoms with Gasteiger partial charge in [0.2, 0.25) is 5.91 Å². The zero-order valence-corrected chi connectivity index (χ0v) is 11.6. The molecule has 1 saturated heterocycles. The van der Waals surface area contributed by atoms with Crippen molar-refractivity contribution in [3.05, 3.63) is 28.7 Å². The molecule has 0 saturated carbocycles. The van der Waals surface area contributed by atoms with E-state index in [1.54, 1.807) is 0 Å². The highest BCUT2D eigenvalue weighted by Gasteiger charge is 2.18. The number of hydrogen-bond acceptors (Lipinski definition) is 3. The number of rotatable bonds is 3. The minimum absolute atomic E-state index is 0.0451. The van der Waals surface area contributed by atoms with E-state index in [1.807, 2.05) is 29.2 Å². The second-order valence-electron chi connectivity index (χ2n) is 4.34. The maximum atomic E-state index is 11.9. The average molecular weight is 311 g/mol. The van der Waals surface area contributed by atoms with E-state index in [2.05, 4.69) is 21.2 Å². The number of anilines is 1. The van der Waals surface area contributed by atoms with Gasteiger partial charge in [0.25, 0.3) is 0 Å². The third kappa shape index (κ3) is 3.65. The number of halogens is 1. The van der Waals surface area contributed by atoms with E-state index in [0.717, 1.165) is 10.2 Å². The van der Waals surface area contributed by atoms with E-state index in [4.69, 9.17) is 0 Å². The number of hydrogen-bond donors (Lipinski definition) is 1. The molecule has 1 aliphatic heterocycles. The van der Waals surface area contributed by atoms with Gasteiger partial charge in [0.1, 0.15) is 5.78 Å². The molecular weight excluding hydrogens is 296 g/mol. The van der Waals surface area contributed by atoms with Crippen LogP contribution in [0.2, 0.25) is 0 Å². The summed E-state index contributed by atoms with van der Waals surface area (Å²) in [6.07, 6.45) is 1.12. The van der Waals surface area contributed by atoms with E-state index in [-0.39, 0.29) is 11.7 Å². The van der Waals surface area contributed by atoms with Gasteiger partial charge in [-0.1, -0.05) is 12.1 Å². The van der Waals surface area contributed by atoms with Crippen molar-refractivity contribution in [2.75, 3.05) is 25.0 Å². The average Bonchev–Trinajstić information content (AvgIpc) is 2.35. The summed E-state index contributed by atoms with van der Waals surface area (Å²) in [6, 6.07) is 7.51. The van der Waals surface area contributed by atoms with Gasteiger partial charge in [-0.15, -0.1) is 0 Å². The molecule has 18 heavy (non-hydrogen) atoms. The third-order valence-corrected chi connectivity index (χ3v) is 3.62. The predicted octanol–water partition coefficient (Wildman–Crippen LogP) is 2.05. The summed E-state index contributed by atoms with van der Waals surface area (Å²) >= 11 is 3.38. The van der Waals surface area contributed by atoms with E-state index < -0.39 is 0 Å². The molecule has 4 nitrogen and oxygen atoms in total. The van der Waals surface area contributed by atoms with Gasteiger partial charge >= 0.3 is 0 Å². The number of carbonyl (C=O) groups excluding carboxylic acids is 2. The number of carbonyl (C=O) groups is 2. The standard InChI is InChI=1S/C13H15BrN2O2/c14-11-3-1-2-4-12(11)15-13(18)9-16-7-5-10(17)6-8-16/h1-4H,5-9H2,(H,15,18). The molecule has 1 heterocycles. The van der Waals surface area contributed by atoms with Crippen molar-refractivity contribution in [1.29, 1.82) is 0 Å². The van der Waals surface area contributed by atoms with E-state index >= 15 is 0 Å². The zero-order chi connectivity index (χ0) is 13.0. The van der Waals surface area contributed by atoms with E-state index in [0.29, 0.717) is 32.5 Å². The van der Waals surface area contributed by atoms with Crippen LogP contribution in [0.1, 0.15) is 12.8 Å². The molecule has 0 aromatic heterocycles. The number of Topliss-reactive ketones (excluding diaryl/α,β-unsaturated/α-hetero) is 1. The Balaban J connectivity index is 1.86. The van der Waals surface area contributed by atoms with Crippen molar-refractivity contribution in [1.82, 2.24) is 4.90 Å². The lowest BCUT2D eigenvalue weighted by molar-refractivity contribution is -0.124. The first-order valence-corrected chi connectivity index (χ1v) is 6.73. The molecule has 1 aliphatic rings.